The average molecular weight is 345 g/mol. The molecule has 1 spiro atoms. The lowest BCUT2D eigenvalue weighted by Gasteiger charge is -2.49. The molecule has 6 heteroatoms. The number of amides is 1. The van der Waals surface area contributed by atoms with Crippen LogP contribution < -0.4 is 0 Å². The van der Waals surface area contributed by atoms with Gasteiger partial charge in [-0.15, -0.1) is 0 Å². The van der Waals surface area contributed by atoms with E-state index in [-0.39, 0.29) is 11.3 Å². The van der Waals surface area contributed by atoms with Crippen molar-refractivity contribution in [2.24, 2.45) is 17.3 Å². The standard InChI is InChI=1S/C19H27N3O3/c23-18(16-3-7-20-21-11-16)22-8-4-19(5-9-22)6-10-24-13-17(19)14-25-12-15-1-2-15/h3,7,11,15,17H,1-2,4-6,8-10,12-14H2/t17-/m0/s1. The molecule has 4 rings (SSSR count). The topological polar surface area (TPSA) is 64.6 Å². The van der Waals surface area contributed by atoms with Crippen LogP contribution in [0, 0.1) is 17.3 Å². The van der Waals surface area contributed by atoms with Crippen LogP contribution in [0.4, 0.5) is 0 Å². The quantitative estimate of drug-likeness (QED) is 0.818. The van der Waals surface area contributed by atoms with Crippen molar-refractivity contribution in [3.63, 3.8) is 0 Å². The van der Waals surface area contributed by atoms with Crippen LogP contribution in [0.2, 0.25) is 0 Å². The third-order valence-corrected chi connectivity index (χ3v) is 6.18. The number of hydrogen-bond donors (Lipinski definition) is 0. The summed E-state index contributed by atoms with van der Waals surface area (Å²) in [6, 6.07) is 1.74. The maximum absolute atomic E-state index is 12.6. The monoisotopic (exact) mass is 345 g/mol. The van der Waals surface area contributed by atoms with Gasteiger partial charge in [0.15, 0.2) is 0 Å². The summed E-state index contributed by atoms with van der Waals surface area (Å²) in [5.74, 6) is 1.33. The van der Waals surface area contributed by atoms with E-state index in [2.05, 4.69) is 10.2 Å². The number of carbonyl (C=O) groups is 1. The minimum absolute atomic E-state index is 0.0679. The van der Waals surface area contributed by atoms with Crippen molar-refractivity contribution in [1.82, 2.24) is 15.1 Å². The lowest BCUT2D eigenvalue weighted by molar-refractivity contribution is -0.0975. The van der Waals surface area contributed by atoms with Gasteiger partial charge in [0, 0.05) is 32.2 Å². The summed E-state index contributed by atoms with van der Waals surface area (Å²) < 4.78 is 11.7. The first-order chi connectivity index (χ1) is 12.3. The minimum Gasteiger partial charge on any atom is -0.381 e. The molecule has 0 bridgehead atoms. The highest BCUT2D eigenvalue weighted by atomic mass is 16.5. The number of rotatable bonds is 5. The van der Waals surface area contributed by atoms with Crippen LogP contribution in [0.25, 0.3) is 0 Å². The number of aromatic nitrogens is 2. The fourth-order valence-electron chi connectivity index (χ4n) is 4.18. The molecule has 0 aromatic carbocycles. The van der Waals surface area contributed by atoms with Crippen molar-refractivity contribution in [3.8, 4) is 0 Å². The maximum atomic E-state index is 12.6. The zero-order chi connectivity index (χ0) is 17.1. The first kappa shape index (κ1) is 16.9. The average Bonchev–Trinajstić information content (AvgIpc) is 3.49. The molecule has 0 N–H and O–H groups in total. The molecule has 1 aromatic heterocycles. The van der Waals surface area contributed by atoms with Gasteiger partial charge in [-0.2, -0.15) is 10.2 Å². The summed E-state index contributed by atoms with van der Waals surface area (Å²) in [6.45, 7) is 4.96. The predicted octanol–water partition coefficient (Wildman–Crippen LogP) is 2.16. The first-order valence-electron chi connectivity index (χ1n) is 9.48. The second kappa shape index (κ2) is 7.38. The van der Waals surface area contributed by atoms with Crippen molar-refractivity contribution in [2.75, 3.05) is 39.5 Å². The largest absolute Gasteiger partial charge is 0.381 e. The molecule has 3 aliphatic rings. The zero-order valence-corrected chi connectivity index (χ0v) is 14.7. The van der Waals surface area contributed by atoms with Gasteiger partial charge in [0.25, 0.3) is 5.91 Å². The summed E-state index contributed by atoms with van der Waals surface area (Å²) >= 11 is 0. The summed E-state index contributed by atoms with van der Waals surface area (Å²) in [7, 11) is 0. The highest BCUT2D eigenvalue weighted by Gasteiger charge is 2.44. The normalized spacial score (nSPS) is 25.9. The van der Waals surface area contributed by atoms with E-state index in [4.69, 9.17) is 9.47 Å². The van der Waals surface area contributed by atoms with E-state index in [9.17, 15) is 4.79 Å². The lowest BCUT2D eigenvalue weighted by atomic mass is 9.66. The molecule has 25 heavy (non-hydrogen) atoms. The van der Waals surface area contributed by atoms with E-state index >= 15 is 0 Å². The Morgan fingerprint density at radius 3 is 2.80 bits per heavy atom. The molecule has 136 valence electrons. The van der Waals surface area contributed by atoms with Crippen LogP contribution in [0.3, 0.4) is 0 Å². The number of ether oxygens (including phenoxy) is 2. The molecule has 3 fully saturated rings. The van der Waals surface area contributed by atoms with E-state index < -0.39 is 0 Å². The van der Waals surface area contributed by atoms with Gasteiger partial charge in [0.05, 0.1) is 31.2 Å². The summed E-state index contributed by atoms with van der Waals surface area (Å²) in [4.78, 5) is 14.6. The van der Waals surface area contributed by atoms with Gasteiger partial charge in [0.2, 0.25) is 0 Å². The number of carbonyl (C=O) groups excluding carboxylic acids is 1. The Labute approximate surface area is 148 Å². The summed E-state index contributed by atoms with van der Waals surface area (Å²) in [5, 5.41) is 7.57. The van der Waals surface area contributed by atoms with E-state index in [1.54, 1.807) is 18.5 Å². The highest BCUT2D eigenvalue weighted by molar-refractivity contribution is 5.93. The van der Waals surface area contributed by atoms with E-state index in [0.717, 1.165) is 64.7 Å². The predicted molar refractivity (Wildman–Crippen MR) is 92.1 cm³/mol. The van der Waals surface area contributed by atoms with Crippen molar-refractivity contribution < 1.29 is 14.3 Å². The molecular formula is C19H27N3O3. The minimum atomic E-state index is 0.0679. The van der Waals surface area contributed by atoms with E-state index in [1.807, 2.05) is 4.90 Å². The van der Waals surface area contributed by atoms with Gasteiger partial charge < -0.3 is 14.4 Å². The molecule has 2 aliphatic heterocycles. The molecular weight excluding hydrogens is 318 g/mol. The van der Waals surface area contributed by atoms with E-state index in [1.165, 1.54) is 12.8 Å². The summed E-state index contributed by atoms with van der Waals surface area (Å²) in [5.41, 5.74) is 0.900. The number of nitrogens with zero attached hydrogens (tertiary/aromatic N) is 3. The van der Waals surface area contributed by atoms with Crippen molar-refractivity contribution in [1.29, 1.82) is 0 Å². The fourth-order valence-corrected chi connectivity index (χ4v) is 4.18. The van der Waals surface area contributed by atoms with Gasteiger partial charge in [-0.1, -0.05) is 0 Å². The number of likely N-dealkylation sites (tertiary alicyclic amines) is 1. The van der Waals surface area contributed by atoms with Crippen molar-refractivity contribution in [2.45, 2.75) is 32.1 Å². The smallest absolute Gasteiger partial charge is 0.255 e. The number of piperidine rings is 1. The van der Waals surface area contributed by atoms with Crippen molar-refractivity contribution >= 4 is 5.91 Å². The van der Waals surface area contributed by atoms with Gasteiger partial charge in [-0.25, -0.2) is 0 Å². The second-order valence-corrected chi connectivity index (χ2v) is 7.79. The van der Waals surface area contributed by atoms with E-state index in [0.29, 0.717) is 11.5 Å². The lowest BCUT2D eigenvalue weighted by Crippen LogP contribution is -2.50. The second-order valence-electron chi connectivity index (χ2n) is 7.79. The SMILES string of the molecule is O=C(c1ccnnc1)N1CCC2(CCOC[C@H]2COCC2CC2)CC1. The van der Waals surface area contributed by atoms with Crippen molar-refractivity contribution in [3.05, 3.63) is 24.0 Å². The molecule has 0 radical (unpaired) electrons. The Morgan fingerprint density at radius 1 is 1.24 bits per heavy atom. The van der Waals surface area contributed by atoms with Crippen LogP contribution in [0.5, 0.6) is 0 Å². The first-order valence-corrected chi connectivity index (χ1v) is 9.48. The van der Waals surface area contributed by atoms with Crippen LogP contribution >= 0.6 is 0 Å². The van der Waals surface area contributed by atoms with Gasteiger partial charge >= 0.3 is 0 Å². The highest BCUT2D eigenvalue weighted by Crippen LogP contribution is 2.45. The van der Waals surface area contributed by atoms with Crippen LogP contribution in [-0.4, -0.2) is 60.5 Å². The van der Waals surface area contributed by atoms with Crippen LogP contribution in [0.15, 0.2) is 18.5 Å². The van der Waals surface area contributed by atoms with Gasteiger partial charge in [0.1, 0.15) is 0 Å². The molecule has 2 saturated heterocycles. The fraction of sp³-hybridized carbons (Fsp3) is 0.737. The molecule has 6 nitrogen and oxygen atoms in total. The third kappa shape index (κ3) is 3.85. The Kier molecular flexibility index (Phi) is 4.99. The Morgan fingerprint density at radius 2 is 2.08 bits per heavy atom. The molecule has 1 amide bonds. The Hall–Kier alpha value is -1.53. The van der Waals surface area contributed by atoms with Gasteiger partial charge in [-0.05, 0) is 49.5 Å². The molecule has 1 saturated carbocycles. The molecule has 1 atom stereocenters. The van der Waals surface area contributed by atoms with Gasteiger partial charge in [-0.3, -0.25) is 4.79 Å². The summed E-state index contributed by atoms with van der Waals surface area (Å²) in [6.07, 6.45) is 8.94. The zero-order valence-electron chi connectivity index (χ0n) is 14.7. The number of hydrogen-bond acceptors (Lipinski definition) is 5. The Bertz CT molecular complexity index is 583. The molecule has 1 aromatic rings. The molecule has 1 aliphatic carbocycles. The molecule has 0 unspecified atom stereocenters. The van der Waals surface area contributed by atoms with Crippen LogP contribution in [0.1, 0.15) is 42.5 Å². The van der Waals surface area contributed by atoms with Crippen LogP contribution in [-0.2, 0) is 9.47 Å². The Balaban J connectivity index is 1.35. The maximum Gasteiger partial charge on any atom is 0.255 e. The third-order valence-electron chi connectivity index (χ3n) is 6.18. The molecule has 3 heterocycles.